The molecule has 8 nitrogen and oxygen atoms in total. The number of fused-ring (bicyclic) bond motifs is 1. The number of nitrogens with zero attached hydrogens (tertiary/aromatic N) is 4. The quantitative estimate of drug-likeness (QED) is 0.339. The number of halogens is 1. The Balaban J connectivity index is 1.41. The van der Waals surface area contributed by atoms with Gasteiger partial charge in [-0.3, -0.25) is 9.69 Å². The van der Waals surface area contributed by atoms with Gasteiger partial charge in [0.25, 0.3) is 5.89 Å². The second-order valence-electron chi connectivity index (χ2n) is 9.48. The molecule has 1 aliphatic heterocycles. The van der Waals surface area contributed by atoms with Gasteiger partial charge < -0.3 is 18.9 Å². The fraction of sp³-hybridized carbons (Fsp3) is 0.370. The lowest BCUT2D eigenvalue weighted by molar-refractivity contribution is -0.142. The average molecular weight is 509 g/mol. The van der Waals surface area contributed by atoms with Crippen LogP contribution in [-0.4, -0.2) is 55.9 Å². The van der Waals surface area contributed by atoms with Gasteiger partial charge in [0.15, 0.2) is 0 Å². The molecule has 1 fully saturated rings. The van der Waals surface area contributed by atoms with Crippen molar-refractivity contribution in [1.29, 1.82) is 0 Å². The summed E-state index contributed by atoms with van der Waals surface area (Å²) in [6.07, 6.45) is 4.54. The van der Waals surface area contributed by atoms with E-state index < -0.39 is 5.97 Å². The minimum absolute atomic E-state index is 0.0213. The van der Waals surface area contributed by atoms with Gasteiger partial charge in [-0.05, 0) is 69.5 Å². The third kappa shape index (κ3) is 4.70. The van der Waals surface area contributed by atoms with E-state index in [-0.39, 0.29) is 12.1 Å². The summed E-state index contributed by atoms with van der Waals surface area (Å²) < 4.78 is 13.4. The second-order valence-corrected chi connectivity index (χ2v) is 9.89. The fourth-order valence-electron chi connectivity index (χ4n) is 5.00. The molecule has 9 heteroatoms. The molecule has 188 valence electrons. The van der Waals surface area contributed by atoms with Gasteiger partial charge in [-0.15, -0.1) is 0 Å². The number of hydrogen-bond donors (Lipinski definition) is 1. The van der Waals surface area contributed by atoms with Crippen molar-refractivity contribution in [3.63, 3.8) is 0 Å². The highest BCUT2D eigenvalue weighted by Crippen LogP contribution is 2.34. The highest BCUT2D eigenvalue weighted by molar-refractivity contribution is 6.32. The molecule has 1 atom stereocenters. The van der Waals surface area contributed by atoms with Gasteiger partial charge >= 0.3 is 5.97 Å². The Labute approximate surface area is 214 Å². The Kier molecular flexibility index (Phi) is 6.73. The van der Waals surface area contributed by atoms with E-state index in [0.29, 0.717) is 41.0 Å². The zero-order valence-electron chi connectivity index (χ0n) is 20.6. The van der Waals surface area contributed by atoms with E-state index in [1.807, 2.05) is 39.1 Å². The first kappa shape index (κ1) is 24.3. The number of aromatic nitrogens is 3. The van der Waals surface area contributed by atoms with Crippen molar-refractivity contribution in [3.05, 3.63) is 53.2 Å². The normalized spacial score (nSPS) is 16.3. The molecule has 0 aliphatic carbocycles. The summed E-state index contributed by atoms with van der Waals surface area (Å²) in [5.41, 5.74) is 3.76. The molecule has 0 radical (unpaired) electrons. The number of ether oxygens (including phenoxy) is 1. The van der Waals surface area contributed by atoms with E-state index in [9.17, 15) is 9.90 Å². The van der Waals surface area contributed by atoms with Gasteiger partial charge in [0.1, 0.15) is 11.8 Å². The summed E-state index contributed by atoms with van der Waals surface area (Å²) in [6, 6.07) is 11.1. The molecule has 1 saturated heterocycles. The Bertz CT molecular complexity index is 1410. The number of para-hydroxylation sites is 1. The number of aliphatic carboxylic acids is 1. The molecular formula is C27H29ClN4O4. The van der Waals surface area contributed by atoms with Gasteiger partial charge in [-0.1, -0.05) is 28.9 Å². The summed E-state index contributed by atoms with van der Waals surface area (Å²) in [5, 5.41) is 15.3. The van der Waals surface area contributed by atoms with Crippen LogP contribution < -0.4 is 4.74 Å². The number of carboxylic acids is 1. The average Bonchev–Trinajstić information content (AvgIpc) is 3.58. The number of benzene rings is 2. The standard InChI is InChI=1S/C27H29ClN4O4/c1-16(2)35-23-10-9-17(14-21(23)28)26-29-25(30-36-26)20-7-4-6-19-18(15-31(3)24(19)20)11-13-32-12-5-8-22(32)27(33)34/h4,6-7,9-10,14-16,22H,5,8,11-13H2,1-3H3,(H,33,34)/t22-/m0/s1. The number of rotatable bonds is 8. The maximum atomic E-state index is 11.5. The molecular weight excluding hydrogens is 480 g/mol. The summed E-state index contributed by atoms with van der Waals surface area (Å²) in [7, 11) is 2.00. The van der Waals surface area contributed by atoms with Crippen LogP contribution in [0.25, 0.3) is 33.7 Å². The molecule has 0 bridgehead atoms. The van der Waals surface area contributed by atoms with Crippen molar-refractivity contribution in [2.45, 2.75) is 45.3 Å². The molecule has 36 heavy (non-hydrogen) atoms. The molecule has 3 heterocycles. The Hall–Kier alpha value is -3.36. The molecule has 4 aromatic rings. The number of carboxylic acid groups (broad SMARTS) is 1. The van der Waals surface area contributed by atoms with Crippen LogP contribution in [0.3, 0.4) is 0 Å². The summed E-state index contributed by atoms with van der Waals surface area (Å²) >= 11 is 6.40. The predicted molar refractivity (Wildman–Crippen MR) is 138 cm³/mol. The third-order valence-corrected chi connectivity index (χ3v) is 6.91. The minimum Gasteiger partial charge on any atom is -0.489 e. The van der Waals surface area contributed by atoms with Crippen LogP contribution in [0.1, 0.15) is 32.3 Å². The summed E-state index contributed by atoms with van der Waals surface area (Å²) in [6.45, 7) is 5.43. The molecule has 0 saturated carbocycles. The molecule has 1 aliphatic rings. The van der Waals surface area contributed by atoms with Crippen LogP contribution in [0, 0.1) is 0 Å². The first-order valence-electron chi connectivity index (χ1n) is 12.2. The minimum atomic E-state index is -0.732. The van der Waals surface area contributed by atoms with Crippen molar-refractivity contribution in [2.24, 2.45) is 7.05 Å². The van der Waals surface area contributed by atoms with Crippen LogP contribution in [0.4, 0.5) is 0 Å². The lowest BCUT2D eigenvalue weighted by Gasteiger charge is -2.20. The van der Waals surface area contributed by atoms with E-state index in [0.717, 1.165) is 35.9 Å². The zero-order chi connectivity index (χ0) is 25.4. The van der Waals surface area contributed by atoms with Crippen LogP contribution in [0.15, 0.2) is 47.1 Å². The maximum absolute atomic E-state index is 11.5. The van der Waals surface area contributed by atoms with Crippen LogP contribution in [0.5, 0.6) is 5.75 Å². The maximum Gasteiger partial charge on any atom is 0.320 e. The summed E-state index contributed by atoms with van der Waals surface area (Å²) in [4.78, 5) is 18.3. The lowest BCUT2D eigenvalue weighted by atomic mass is 10.1. The highest BCUT2D eigenvalue weighted by atomic mass is 35.5. The number of aryl methyl sites for hydroxylation is 1. The van der Waals surface area contributed by atoms with Crippen LogP contribution in [-0.2, 0) is 18.3 Å². The van der Waals surface area contributed by atoms with E-state index in [1.165, 1.54) is 5.56 Å². The van der Waals surface area contributed by atoms with Crippen LogP contribution >= 0.6 is 11.6 Å². The van der Waals surface area contributed by atoms with Crippen molar-refractivity contribution in [2.75, 3.05) is 13.1 Å². The Morgan fingerprint density at radius 3 is 2.89 bits per heavy atom. The van der Waals surface area contributed by atoms with Crippen molar-refractivity contribution >= 4 is 28.5 Å². The van der Waals surface area contributed by atoms with E-state index in [2.05, 4.69) is 31.9 Å². The van der Waals surface area contributed by atoms with Crippen molar-refractivity contribution < 1.29 is 19.2 Å². The highest BCUT2D eigenvalue weighted by Gasteiger charge is 2.30. The molecule has 0 amide bonds. The molecule has 2 aromatic heterocycles. The third-order valence-electron chi connectivity index (χ3n) is 6.61. The van der Waals surface area contributed by atoms with Crippen molar-refractivity contribution in [3.8, 4) is 28.6 Å². The predicted octanol–water partition coefficient (Wildman–Crippen LogP) is 5.43. The fourth-order valence-corrected chi connectivity index (χ4v) is 5.23. The van der Waals surface area contributed by atoms with Gasteiger partial charge in [0.2, 0.25) is 5.82 Å². The summed E-state index contributed by atoms with van der Waals surface area (Å²) in [5.74, 6) is 0.750. The molecule has 2 aromatic carbocycles. The number of hydrogen-bond acceptors (Lipinski definition) is 6. The van der Waals surface area contributed by atoms with Gasteiger partial charge in [-0.2, -0.15) is 4.98 Å². The largest absolute Gasteiger partial charge is 0.489 e. The molecule has 0 spiro atoms. The molecule has 1 N–H and O–H groups in total. The van der Waals surface area contributed by atoms with E-state index in [4.69, 9.17) is 20.9 Å². The Morgan fingerprint density at radius 2 is 2.14 bits per heavy atom. The number of likely N-dealkylation sites (tertiary alicyclic amines) is 1. The smallest absolute Gasteiger partial charge is 0.320 e. The van der Waals surface area contributed by atoms with Gasteiger partial charge in [-0.25, -0.2) is 0 Å². The van der Waals surface area contributed by atoms with Gasteiger partial charge in [0.05, 0.1) is 16.6 Å². The molecule has 0 unspecified atom stereocenters. The van der Waals surface area contributed by atoms with Crippen LogP contribution in [0.2, 0.25) is 5.02 Å². The monoisotopic (exact) mass is 508 g/mol. The first-order valence-corrected chi connectivity index (χ1v) is 12.5. The lowest BCUT2D eigenvalue weighted by Crippen LogP contribution is -2.37. The number of carbonyl (C=O) groups is 1. The zero-order valence-corrected chi connectivity index (χ0v) is 21.3. The topological polar surface area (TPSA) is 93.6 Å². The van der Waals surface area contributed by atoms with E-state index >= 15 is 0 Å². The first-order chi connectivity index (χ1) is 17.3. The SMILES string of the molecule is CC(C)Oc1ccc(-c2nc(-c3cccc4c(CCN5CCC[C@H]5C(=O)O)cn(C)c34)no2)cc1Cl. The van der Waals surface area contributed by atoms with Crippen molar-refractivity contribution in [1.82, 2.24) is 19.6 Å². The van der Waals surface area contributed by atoms with Gasteiger partial charge in [0, 0.05) is 36.3 Å². The second kappa shape index (κ2) is 9.95. The van der Waals surface area contributed by atoms with E-state index in [1.54, 1.807) is 12.1 Å². The molecule has 5 rings (SSSR count). The Morgan fingerprint density at radius 1 is 1.31 bits per heavy atom.